The third-order valence-corrected chi connectivity index (χ3v) is 9.45. The molecule has 3 aliphatic heterocycles. The summed E-state index contributed by atoms with van der Waals surface area (Å²) in [5.41, 5.74) is 4.45. The molecule has 0 aromatic heterocycles. The summed E-state index contributed by atoms with van der Waals surface area (Å²) < 4.78 is 20.8. The molecule has 1 aliphatic carbocycles. The lowest BCUT2D eigenvalue weighted by Crippen LogP contribution is -2.52. The van der Waals surface area contributed by atoms with Gasteiger partial charge in [0.15, 0.2) is 0 Å². The molecule has 2 saturated heterocycles. The predicted octanol–water partition coefficient (Wildman–Crippen LogP) is 3.85. The van der Waals surface area contributed by atoms with Crippen LogP contribution in [0.4, 0.5) is 10.1 Å². The minimum absolute atomic E-state index is 0.00871. The number of anilines is 1. The average Bonchev–Trinajstić information content (AvgIpc) is 3.78. The first-order valence-corrected chi connectivity index (χ1v) is 15.0. The van der Waals surface area contributed by atoms with E-state index in [1.54, 1.807) is 24.3 Å². The number of ether oxygens (including phenoxy) is 1. The lowest BCUT2D eigenvalue weighted by atomic mass is 10.00. The van der Waals surface area contributed by atoms with Gasteiger partial charge in [-0.3, -0.25) is 24.6 Å². The summed E-state index contributed by atoms with van der Waals surface area (Å²) in [6.45, 7) is 3.72. The summed E-state index contributed by atoms with van der Waals surface area (Å²) in [5, 5.41) is 11.4. The van der Waals surface area contributed by atoms with Crippen LogP contribution in [0.2, 0.25) is 0 Å². The maximum Gasteiger partial charge on any atom is 0.255 e. The lowest BCUT2D eigenvalue weighted by Gasteiger charge is -2.41. The molecule has 3 aromatic carbocycles. The molecule has 224 valence electrons. The van der Waals surface area contributed by atoms with Gasteiger partial charge < -0.3 is 14.5 Å². The number of piperazine rings is 1. The number of benzene rings is 3. The van der Waals surface area contributed by atoms with Crippen LogP contribution in [0.1, 0.15) is 58.3 Å². The summed E-state index contributed by atoms with van der Waals surface area (Å²) in [7, 11) is 0. The van der Waals surface area contributed by atoms with Crippen LogP contribution in [0.5, 0.6) is 5.75 Å². The molecular formula is C34H32FN5O4. The van der Waals surface area contributed by atoms with Crippen molar-refractivity contribution in [3.05, 3.63) is 94.3 Å². The SMILES string of the molecule is N#Cc1ccc(N2CCN(C3(c4ccc(COc5cccc6c5CN([C@H]5CCC(=O)NC5=O)C6=O)cc4)CC3)CC2)c(F)c1. The molecule has 3 heterocycles. The number of nitrogens with one attached hydrogen (secondary N) is 1. The second-order valence-electron chi connectivity index (χ2n) is 12.0. The van der Waals surface area contributed by atoms with Crippen LogP contribution in [0.15, 0.2) is 60.7 Å². The van der Waals surface area contributed by atoms with Gasteiger partial charge in [-0.2, -0.15) is 5.26 Å². The number of hydrogen-bond acceptors (Lipinski definition) is 7. The molecule has 3 amide bonds. The molecule has 44 heavy (non-hydrogen) atoms. The van der Waals surface area contributed by atoms with Crippen molar-refractivity contribution >= 4 is 23.4 Å². The van der Waals surface area contributed by atoms with E-state index < -0.39 is 11.9 Å². The molecule has 1 saturated carbocycles. The molecule has 4 aliphatic rings. The van der Waals surface area contributed by atoms with Gasteiger partial charge in [0.25, 0.3) is 5.91 Å². The van der Waals surface area contributed by atoms with E-state index in [2.05, 4.69) is 39.4 Å². The number of imide groups is 1. The summed E-state index contributed by atoms with van der Waals surface area (Å²) in [6.07, 6.45) is 2.70. The van der Waals surface area contributed by atoms with Crippen molar-refractivity contribution in [1.29, 1.82) is 5.26 Å². The molecule has 10 heteroatoms. The van der Waals surface area contributed by atoms with Crippen LogP contribution in [-0.2, 0) is 28.3 Å². The maximum atomic E-state index is 14.6. The van der Waals surface area contributed by atoms with Crippen LogP contribution in [0.3, 0.4) is 0 Å². The normalized spacial score (nSPS) is 21.1. The van der Waals surface area contributed by atoms with Crippen LogP contribution in [-0.4, -0.2) is 59.7 Å². The number of fused-ring (bicyclic) bond motifs is 1. The highest BCUT2D eigenvalue weighted by Crippen LogP contribution is 2.51. The van der Waals surface area contributed by atoms with E-state index in [1.165, 1.54) is 16.5 Å². The first-order chi connectivity index (χ1) is 21.4. The van der Waals surface area contributed by atoms with Gasteiger partial charge in [0.2, 0.25) is 11.8 Å². The van der Waals surface area contributed by atoms with E-state index in [1.807, 2.05) is 12.1 Å². The van der Waals surface area contributed by atoms with E-state index in [0.29, 0.717) is 35.6 Å². The van der Waals surface area contributed by atoms with Crippen LogP contribution in [0, 0.1) is 17.1 Å². The third kappa shape index (κ3) is 4.97. The Bertz CT molecular complexity index is 1690. The van der Waals surface area contributed by atoms with Crippen molar-refractivity contribution in [3.63, 3.8) is 0 Å². The first-order valence-electron chi connectivity index (χ1n) is 15.0. The zero-order valence-corrected chi connectivity index (χ0v) is 24.2. The second kappa shape index (κ2) is 11.1. The summed E-state index contributed by atoms with van der Waals surface area (Å²) in [6, 6.07) is 19.9. The minimum atomic E-state index is -0.664. The number of nitriles is 1. The van der Waals surface area contributed by atoms with Crippen molar-refractivity contribution in [3.8, 4) is 11.8 Å². The number of piperidine rings is 1. The predicted molar refractivity (Wildman–Crippen MR) is 159 cm³/mol. The molecule has 7 rings (SSSR count). The molecule has 1 atom stereocenters. The molecule has 0 spiro atoms. The molecule has 3 aromatic rings. The molecule has 1 N–H and O–H groups in total. The fourth-order valence-electron chi connectivity index (χ4n) is 6.88. The highest BCUT2D eigenvalue weighted by atomic mass is 19.1. The number of halogens is 1. The van der Waals surface area contributed by atoms with Gasteiger partial charge in [0, 0.05) is 49.3 Å². The van der Waals surface area contributed by atoms with E-state index in [0.717, 1.165) is 50.1 Å². The fraction of sp³-hybridized carbons (Fsp3) is 0.353. The van der Waals surface area contributed by atoms with E-state index in [-0.39, 0.29) is 36.1 Å². The van der Waals surface area contributed by atoms with Gasteiger partial charge in [0.1, 0.15) is 24.2 Å². The standard InChI is InChI=1S/C34H32FN5O4/c35-27-18-23(19-36)6-9-28(27)38-14-16-39(17-15-38)34(12-13-34)24-7-4-22(5-8-24)21-44-30-3-1-2-25-26(30)20-40(33(25)43)29-10-11-31(41)37-32(29)42/h1-9,18,29H,10-17,20-21H2,(H,37,41,42)/t29-/m0/s1. The molecule has 0 unspecified atom stereocenters. The van der Waals surface area contributed by atoms with Crippen molar-refractivity contribution in [2.75, 3.05) is 31.1 Å². The van der Waals surface area contributed by atoms with Crippen LogP contribution < -0.4 is 15.0 Å². The lowest BCUT2D eigenvalue weighted by molar-refractivity contribution is -0.136. The van der Waals surface area contributed by atoms with E-state index >= 15 is 0 Å². The first kappa shape index (κ1) is 28.0. The number of rotatable bonds is 7. The van der Waals surface area contributed by atoms with Gasteiger partial charge >= 0.3 is 0 Å². The zero-order chi connectivity index (χ0) is 30.4. The highest BCUT2D eigenvalue weighted by molar-refractivity contribution is 6.05. The Hall–Kier alpha value is -4.75. The van der Waals surface area contributed by atoms with Crippen LogP contribution >= 0.6 is 0 Å². The molecule has 9 nitrogen and oxygen atoms in total. The monoisotopic (exact) mass is 593 g/mol. The highest BCUT2D eigenvalue weighted by Gasteiger charge is 2.50. The topological polar surface area (TPSA) is 106 Å². The van der Waals surface area contributed by atoms with Crippen molar-refractivity contribution < 1.29 is 23.5 Å². The molecule has 3 fully saturated rings. The number of hydrogen-bond donors (Lipinski definition) is 1. The van der Waals surface area contributed by atoms with E-state index in [4.69, 9.17) is 10.00 Å². The number of carbonyl (C=O) groups is 3. The summed E-state index contributed by atoms with van der Waals surface area (Å²) in [5.74, 6) is -0.695. The van der Waals surface area contributed by atoms with Crippen molar-refractivity contribution in [1.82, 2.24) is 15.1 Å². The molecular weight excluding hydrogens is 561 g/mol. The Morgan fingerprint density at radius 2 is 1.77 bits per heavy atom. The quantitative estimate of drug-likeness (QED) is 0.415. The number of carbonyl (C=O) groups excluding carboxylic acids is 3. The van der Waals surface area contributed by atoms with Crippen LogP contribution in [0.25, 0.3) is 0 Å². The van der Waals surface area contributed by atoms with E-state index in [9.17, 15) is 18.8 Å². The Balaban J connectivity index is 0.978. The average molecular weight is 594 g/mol. The zero-order valence-electron chi connectivity index (χ0n) is 24.2. The Morgan fingerprint density at radius 1 is 1.00 bits per heavy atom. The second-order valence-corrected chi connectivity index (χ2v) is 12.0. The summed E-state index contributed by atoms with van der Waals surface area (Å²) >= 11 is 0. The molecule has 0 radical (unpaired) electrons. The van der Waals surface area contributed by atoms with Gasteiger partial charge in [-0.25, -0.2) is 4.39 Å². The minimum Gasteiger partial charge on any atom is -0.489 e. The number of nitrogens with zero attached hydrogens (tertiary/aromatic N) is 4. The van der Waals surface area contributed by atoms with Crippen molar-refractivity contribution in [2.45, 2.75) is 50.4 Å². The van der Waals surface area contributed by atoms with Gasteiger partial charge in [0.05, 0.1) is 23.9 Å². The van der Waals surface area contributed by atoms with Gasteiger partial charge in [-0.15, -0.1) is 0 Å². The van der Waals surface area contributed by atoms with Gasteiger partial charge in [-0.1, -0.05) is 30.3 Å². The fourth-order valence-corrected chi connectivity index (χ4v) is 6.88. The number of amides is 3. The van der Waals surface area contributed by atoms with Crippen molar-refractivity contribution in [2.24, 2.45) is 0 Å². The maximum absolute atomic E-state index is 14.6. The smallest absolute Gasteiger partial charge is 0.255 e. The third-order valence-electron chi connectivity index (χ3n) is 9.45. The summed E-state index contributed by atoms with van der Waals surface area (Å²) in [4.78, 5) is 43.2. The Labute approximate surface area is 254 Å². The Kier molecular flexibility index (Phi) is 7.05. The largest absolute Gasteiger partial charge is 0.489 e. The molecule has 0 bridgehead atoms. The van der Waals surface area contributed by atoms with Gasteiger partial charge in [-0.05, 0) is 60.7 Å². The Morgan fingerprint density at radius 3 is 2.45 bits per heavy atom.